The van der Waals surface area contributed by atoms with Crippen LogP contribution in [0.3, 0.4) is 0 Å². The molecule has 0 spiro atoms. The highest BCUT2D eigenvalue weighted by atomic mass is 16.6. The molecule has 374 valence electrons. The molecule has 1 atom stereocenters. The molecule has 0 aromatic carbocycles. The molecule has 0 rings (SSSR count). The lowest BCUT2D eigenvalue weighted by Crippen LogP contribution is -2.30. The highest BCUT2D eigenvalue weighted by Gasteiger charge is 2.19. The molecule has 0 aliphatic carbocycles. The van der Waals surface area contributed by atoms with Gasteiger partial charge in [-0.2, -0.15) is 0 Å². The molecular formula is C57H110O6. The first-order valence-electron chi connectivity index (χ1n) is 28.2. The minimum absolute atomic E-state index is 0.0629. The summed E-state index contributed by atoms with van der Waals surface area (Å²) in [6.07, 6.45) is 52.3. The van der Waals surface area contributed by atoms with E-state index in [0.717, 1.165) is 69.6 Å². The zero-order valence-electron chi connectivity index (χ0n) is 43.2. The normalized spacial score (nSPS) is 12.0. The van der Waals surface area contributed by atoms with Crippen molar-refractivity contribution in [3.63, 3.8) is 0 Å². The molecule has 0 saturated carbocycles. The third-order valence-corrected chi connectivity index (χ3v) is 13.0. The standard InChI is InChI=1S/C57H110O6/c1-6-7-8-9-10-11-12-13-14-15-16-22-27-32-37-42-47-55(58)61-50-54(51-62-56(59)48-43-38-33-28-24-19-21-26-31-36-41-46-53(4)5)63-57(60)49-44-39-34-29-23-18-17-20-25-30-35-40-45-52(2)3/h52-54H,6-51H2,1-5H3/t54-/m0/s1. The maximum atomic E-state index is 12.8. The molecule has 0 heterocycles. The second-order valence-electron chi connectivity index (χ2n) is 20.5. The lowest BCUT2D eigenvalue weighted by molar-refractivity contribution is -0.167. The Kier molecular flexibility index (Phi) is 48.6. The van der Waals surface area contributed by atoms with Crippen molar-refractivity contribution in [2.75, 3.05) is 13.2 Å². The fourth-order valence-corrected chi connectivity index (χ4v) is 8.70. The number of rotatable bonds is 51. The fourth-order valence-electron chi connectivity index (χ4n) is 8.70. The van der Waals surface area contributed by atoms with Crippen LogP contribution in [0.2, 0.25) is 0 Å². The molecule has 0 aromatic heterocycles. The highest BCUT2D eigenvalue weighted by Crippen LogP contribution is 2.18. The Morgan fingerprint density at radius 3 is 0.778 bits per heavy atom. The van der Waals surface area contributed by atoms with Crippen molar-refractivity contribution in [1.82, 2.24) is 0 Å². The van der Waals surface area contributed by atoms with Gasteiger partial charge in [0.1, 0.15) is 13.2 Å². The average Bonchev–Trinajstić information content (AvgIpc) is 3.25. The molecule has 0 aromatic rings. The molecule has 0 saturated heterocycles. The van der Waals surface area contributed by atoms with Crippen LogP contribution < -0.4 is 0 Å². The fraction of sp³-hybridized carbons (Fsp3) is 0.947. The van der Waals surface area contributed by atoms with Crippen LogP contribution in [0.25, 0.3) is 0 Å². The van der Waals surface area contributed by atoms with Gasteiger partial charge in [-0.05, 0) is 31.1 Å². The Morgan fingerprint density at radius 2 is 0.524 bits per heavy atom. The SMILES string of the molecule is CCCCCCCCCCCCCCCCCCC(=O)OC[C@@H](COC(=O)CCCCCCCCCCCCCC(C)C)OC(=O)CCCCCCCCCCCCCCC(C)C. The third-order valence-electron chi connectivity index (χ3n) is 13.0. The van der Waals surface area contributed by atoms with Crippen molar-refractivity contribution in [2.45, 2.75) is 323 Å². The van der Waals surface area contributed by atoms with Gasteiger partial charge in [0.05, 0.1) is 0 Å². The molecule has 63 heavy (non-hydrogen) atoms. The minimum Gasteiger partial charge on any atom is -0.462 e. The number of esters is 3. The van der Waals surface area contributed by atoms with E-state index in [-0.39, 0.29) is 31.1 Å². The van der Waals surface area contributed by atoms with E-state index in [2.05, 4.69) is 34.6 Å². The van der Waals surface area contributed by atoms with Crippen LogP contribution in [0.15, 0.2) is 0 Å². The molecule has 0 bridgehead atoms. The molecule has 0 aliphatic rings. The first kappa shape index (κ1) is 61.4. The van der Waals surface area contributed by atoms with Crippen molar-refractivity contribution in [3.05, 3.63) is 0 Å². The van der Waals surface area contributed by atoms with Crippen molar-refractivity contribution in [3.8, 4) is 0 Å². The second kappa shape index (κ2) is 49.8. The van der Waals surface area contributed by atoms with Crippen LogP contribution in [0.1, 0.15) is 317 Å². The zero-order chi connectivity index (χ0) is 46.1. The summed E-state index contributed by atoms with van der Waals surface area (Å²) in [7, 11) is 0. The van der Waals surface area contributed by atoms with Gasteiger partial charge in [-0.25, -0.2) is 0 Å². The number of ether oxygens (including phenoxy) is 3. The molecule has 0 amide bonds. The maximum absolute atomic E-state index is 12.8. The van der Waals surface area contributed by atoms with Crippen molar-refractivity contribution in [2.24, 2.45) is 11.8 Å². The van der Waals surface area contributed by atoms with Gasteiger partial charge in [0, 0.05) is 19.3 Å². The highest BCUT2D eigenvalue weighted by molar-refractivity contribution is 5.71. The molecular weight excluding hydrogens is 781 g/mol. The van der Waals surface area contributed by atoms with Gasteiger partial charge >= 0.3 is 17.9 Å². The van der Waals surface area contributed by atoms with Crippen LogP contribution in [0.5, 0.6) is 0 Å². The van der Waals surface area contributed by atoms with Crippen molar-refractivity contribution < 1.29 is 28.6 Å². The monoisotopic (exact) mass is 891 g/mol. The van der Waals surface area contributed by atoms with E-state index < -0.39 is 6.10 Å². The first-order valence-corrected chi connectivity index (χ1v) is 28.2. The summed E-state index contributed by atoms with van der Waals surface area (Å²) < 4.78 is 16.9. The largest absolute Gasteiger partial charge is 0.462 e. The van der Waals surface area contributed by atoms with Gasteiger partial charge in [-0.15, -0.1) is 0 Å². The first-order chi connectivity index (χ1) is 30.7. The van der Waals surface area contributed by atoms with Gasteiger partial charge < -0.3 is 14.2 Å². The molecule has 0 fully saturated rings. The lowest BCUT2D eigenvalue weighted by Gasteiger charge is -2.18. The number of hydrogen-bond donors (Lipinski definition) is 0. The van der Waals surface area contributed by atoms with E-state index in [1.165, 1.54) is 205 Å². The van der Waals surface area contributed by atoms with Crippen LogP contribution in [-0.2, 0) is 28.6 Å². The summed E-state index contributed by atoms with van der Waals surface area (Å²) in [5.74, 6) is 0.818. The topological polar surface area (TPSA) is 78.9 Å². The van der Waals surface area contributed by atoms with E-state index in [0.29, 0.717) is 19.3 Å². The Bertz CT molecular complexity index is 962. The molecule has 0 N–H and O–H groups in total. The predicted octanol–water partition coefficient (Wildman–Crippen LogP) is 18.5. The quantitative estimate of drug-likeness (QED) is 0.0344. The molecule has 0 radical (unpaired) electrons. The van der Waals surface area contributed by atoms with Crippen LogP contribution in [0.4, 0.5) is 0 Å². The maximum Gasteiger partial charge on any atom is 0.306 e. The lowest BCUT2D eigenvalue weighted by atomic mass is 10.0. The molecule has 6 heteroatoms. The van der Waals surface area contributed by atoms with Gasteiger partial charge in [0.25, 0.3) is 0 Å². The second-order valence-corrected chi connectivity index (χ2v) is 20.5. The van der Waals surface area contributed by atoms with E-state index in [1.54, 1.807) is 0 Å². The number of unbranched alkanes of at least 4 members (excludes halogenated alkanes) is 36. The summed E-state index contributed by atoms with van der Waals surface area (Å²) in [6.45, 7) is 11.4. The zero-order valence-corrected chi connectivity index (χ0v) is 43.2. The smallest absolute Gasteiger partial charge is 0.306 e. The van der Waals surface area contributed by atoms with Crippen LogP contribution in [0, 0.1) is 11.8 Å². The Labute approximate surface area is 393 Å². The van der Waals surface area contributed by atoms with Gasteiger partial charge in [-0.1, -0.05) is 279 Å². The summed E-state index contributed by atoms with van der Waals surface area (Å²) >= 11 is 0. The van der Waals surface area contributed by atoms with Gasteiger partial charge in [0.2, 0.25) is 0 Å². The van der Waals surface area contributed by atoms with Crippen LogP contribution >= 0.6 is 0 Å². The molecule has 6 nitrogen and oxygen atoms in total. The predicted molar refractivity (Wildman–Crippen MR) is 270 cm³/mol. The van der Waals surface area contributed by atoms with E-state index in [9.17, 15) is 14.4 Å². The number of carbonyl (C=O) groups excluding carboxylic acids is 3. The van der Waals surface area contributed by atoms with Crippen molar-refractivity contribution in [1.29, 1.82) is 0 Å². The summed E-state index contributed by atoms with van der Waals surface area (Å²) in [4.78, 5) is 38.1. The Hall–Kier alpha value is -1.59. The minimum atomic E-state index is -0.762. The van der Waals surface area contributed by atoms with Crippen LogP contribution in [-0.4, -0.2) is 37.2 Å². The average molecular weight is 892 g/mol. The summed E-state index contributed by atoms with van der Waals surface area (Å²) in [5.41, 5.74) is 0. The van der Waals surface area contributed by atoms with Gasteiger partial charge in [0.15, 0.2) is 6.10 Å². The summed E-state index contributed by atoms with van der Waals surface area (Å²) in [5, 5.41) is 0. The summed E-state index contributed by atoms with van der Waals surface area (Å²) in [6, 6.07) is 0. The van der Waals surface area contributed by atoms with E-state index in [1.807, 2.05) is 0 Å². The molecule has 0 aliphatic heterocycles. The van der Waals surface area contributed by atoms with Crippen molar-refractivity contribution >= 4 is 17.9 Å². The van der Waals surface area contributed by atoms with E-state index in [4.69, 9.17) is 14.2 Å². The number of hydrogen-bond acceptors (Lipinski definition) is 6. The molecule has 0 unspecified atom stereocenters. The Balaban J connectivity index is 4.31. The Morgan fingerprint density at radius 1 is 0.302 bits per heavy atom. The van der Waals surface area contributed by atoms with Gasteiger partial charge in [-0.3, -0.25) is 14.4 Å². The number of carbonyl (C=O) groups is 3. The van der Waals surface area contributed by atoms with E-state index >= 15 is 0 Å². The third kappa shape index (κ3) is 51.3.